The van der Waals surface area contributed by atoms with Gasteiger partial charge in [0.25, 0.3) is 0 Å². The lowest BCUT2D eigenvalue weighted by Crippen LogP contribution is -2.24. The molecule has 0 aliphatic heterocycles. The van der Waals surface area contributed by atoms with Crippen LogP contribution in [-0.2, 0) is 6.42 Å². The molecule has 0 spiro atoms. The molecule has 1 saturated carbocycles. The third-order valence-electron chi connectivity index (χ3n) is 4.52. The number of nitriles is 1. The summed E-state index contributed by atoms with van der Waals surface area (Å²) in [5, 5.41) is 12.4. The molecule has 3 nitrogen and oxygen atoms in total. The van der Waals surface area contributed by atoms with Gasteiger partial charge in [-0.25, -0.2) is 0 Å². The molecule has 3 atom stereocenters. The third kappa shape index (κ3) is 3.01. The second-order valence-electron chi connectivity index (χ2n) is 5.60. The molecule has 1 aromatic carbocycles. The molecule has 19 heavy (non-hydrogen) atoms. The monoisotopic (exact) mass is 257 g/mol. The van der Waals surface area contributed by atoms with Crippen LogP contribution in [0.1, 0.15) is 38.7 Å². The summed E-state index contributed by atoms with van der Waals surface area (Å²) in [6, 6.07) is 8.64. The third-order valence-corrected chi connectivity index (χ3v) is 4.52. The van der Waals surface area contributed by atoms with Crippen LogP contribution in [0, 0.1) is 23.2 Å². The number of benzene rings is 1. The maximum absolute atomic E-state index is 8.80. The first-order valence-corrected chi connectivity index (χ1v) is 7.17. The molecule has 1 aliphatic rings. The zero-order valence-corrected chi connectivity index (χ0v) is 11.8. The van der Waals surface area contributed by atoms with Gasteiger partial charge in [-0.1, -0.05) is 20.3 Å². The van der Waals surface area contributed by atoms with Crippen molar-refractivity contribution >= 4 is 11.4 Å². The van der Waals surface area contributed by atoms with Crippen molar-refractivity contribution in [3.63, 3.8) is 0 Å². The van der Waals surface area contributed by atoms with Crippen LogP contribution in [0.2, 0.25) is 0 Å². The number of nitrogens with one attached hydrogen (secondary N) is 1. The summed E-state index contributed by atoms with van der Waals surface area (Å²) in [5.41, 5.74) is 8.59. The van der Waals surface area contributed by atoms with Gasteiger partial charge in [-0.15, -0.1) is 0 Å². The molecule has 0 aromatic heterocycles. The Morgan fingerprint density at radius 3 is 2.84 bits per heavy atom. The standard InChI is InChI=1S/C16H23N3/c1-3-12-4-7-16(11(12)2)19-14-5-6-15(18)13(10-14)8-9-17/h5-6,10-12,16,19H,3-4,7-8,18H2,1-2H3. The predicted molar refractivity (Wildman–Crippen MR) is 79.8 cm³/mol. The van der Waals surface area contributed by atoms with Crippen molar-refractivity contribution in [3.05, 3.63) is 23.8 Å². The molecule has 1 fully saturated rings. The number of nitrogen functional groups attached to an aromatic ring is 1. The minimum absolute atomic E-state index is 0.374. The van der Waals surface area contributed by atoms with Crippen LogP contribution < -0.4 is 11.1 Å². The van der Waals surface area contributed by atoms with Gasteiger partial charge in [0.1, 0.15) is 0 Å². The molecule has 0 amide bonds. The molecule has 1 aromatic rings. The zero-order valence-electron chi connectivity index (χ0n) is 11.8. The van der Waals surface area contributed by atoms with E-state index in [1.165, 1.54) is 19.3 Å². The van der Waals surface area contributed by atoms with Crippen molar-refractivity contribution in [1.29, 1.82) is 5.26 Å². The van der Waals surface area contributed by atoms with Crippen molar-refractivity contribution in [3.8, 4) is 6.07 Å². The Bertz CT molecular complexity index is 475. The van der Waals surface area contributed by atoms with Crippen LogP contribution in [0.25, 0.3) is 0 Å². The van der Waals surface area contributed by atoms with E-state index in [0.29, 0.717) is 24.1 Å². The Hall–Kier alpha value is -1.69. The SMILES string of the molecule is CCC1CCC(Nc2ccc(N)c(CC#N)c2)C1C. The van der Waals surface area contributed by atoms with Crippen LogP contribution in [0.15, 0.2) is 18.2 Å². The smallest absolute Gasteiger partial charge is 0.0670 e. The van der Waals surface area contributed by atoms with Crippen molar-refractivity contribution in [2.45, 2.75) is 45.6 Å². The first kappa shape index (κ1) is 13.7. The second-order valence-corrected chi connectivity index (χ2v) is 5.60. The molecule has 102 valence electrons. The largest absolute Gasteiger partial charge is 0.398 e. The average Bonchev–Trinajstić information content (AvgIpc) is 2.75. The quantitative estimate of drug-likeness (QED) is 0.810. The highest BCUT2D eigenvalue weighted by Gasteiger charge is 2.31. The fraction of sp³-hybridized carbons (Fsp3) is 0.562. The van der Waals surface area contributed by atoms with Crippen LogP contribution in [0.4, 0.5) is 11.4 Å². The molecule has 3 N–H and O–H groups in total. The van der Waals surface area contributed by atoms with E-state index in [-0.39, 0.29) is 0 Å². The van der Waals surface area contributed by atoms with E-state index in [0.717, 1.165) is 17.2 Å². The van der Waals surface area contributed by atoms with Crippen molar-refractivity contribution in [2.75, 3.05) is 11.1 Å². The Labute approximate surface area is 115 Å². The number of nitrogens with two attached hydrogens (primary N) is 1. The van der Waals surface area contributed by atoms with Crippen LogP contribution in [0.5, 0.6) is 0 Å². The van der Waals surface area contributed by atoms with E-state index >= 15 is 0 Å². The summed E-state index contributed by atoms with van der Waals surface area (Å²) >= 11 is 0. The lowest BCUT2D eigenvalue weighted by atomic mass is 9.93. The predicted octanol–water partition coefficient (Wildman–Crippen LogP) is 3.57. The summed E-state index contributed by atoms with van der Waals surface area (Å²) in [6.07, 6.45) is 4.19. The Morgan fingerprint density at radius 1 is 1.42 bits per heavy atom. The number of anilines is 2. The van der Waals surface area contributed by atoms with Gasteiger partial charge in [0, 0.05) is 17.4 Å². The van der Waals surface area contributed by atoms with Gasteiger partial charge in [-0.2, -0.15) is 5.26 Å². The van der Waals surface area contributed by atoms with E-state index < -0.39 is 0 Å². The summed E-state index contributed by atoms with van der Waals surface area (Å²) in [6.45, 7) is 4.62. The molecular weight excluding hydrogens is 234 g/mol. The van der Waals surface area contributed by atoms with Crippen molar-refractivity contribution < 1.29 is 0 Å². The zero-order chi connectivity index (χ0) is 13.8. The molecule has 0 bridgehead atoms. The van der Waals surface area contributed by atoms with Gasteiger partial charge >= 0.3 is 0 Å². The molecule has 1 aliphatic carbocycles. The number of rotatable bonds is 4. The lowest BCUT2D eigenvalue weighted by molar-refractivity contribution is 0.392. The van der Waals surface area contributed by atoms with Gasteiger partial charge in [-0.3, -0.25) is 0 Å². The average molecular weight is 257 g/mol. The first-order valence-electron chi connectivity index (χ1n) is 7.17. The Balaban J connectivity index is 2.08. The van der Waals surface area contributed by atoms with Gasteiger partial charge in [0.2, 0.25) is 0 Å². The van der Waals surface area contributed by atoms with Crippen molar-refractivity contribution in [1.82, 2.24) is 0 Å². The number of nitrogens with zero attached hydrogens (tertiary/aromatic N) is 1. The fourth-order valence-corrected chi connectivity index (χ4v) is 3.18. The van der Waals surface area contributed by atoms with Gasteiger partial charge < -0.3 is 11.1 Å². The molecular formula is C16H23N3. The highest BCUT2D eigenvalue weighted by molar-refractivity contribution is 5.58. The second kappa shape index (κ2) is 5.97. The number of hydrogen-bond donors (Lipinski definition) is 2. The normalized spacial score (nSPS) is 26.1. The van der Waals surface area contributed by atoms with E-state index in [9.17, 15) is 0 Å². The van der Waals surface area contributed by atoms with E-state index in [1.54, 1.807) is 0 Å². The highest BCUT2D eigenvalue weighted by atomic mass is 14.9. The fourth-order valence-electron chi connectivity index (χ4n) is 3.18. The minimum Gasteiger partial charge on any atom is -0.398 e. The molecule has 0 radical (unpaired) electrons. The Kier molecular flexibility index (Phi) is 4.31. The van der Waals surface area contributed by atoms with Crippen LogP contribution >= 0.6 is 0 Å². The minimum atomic E-state index is 0.374. The summed E-state index contributed by atoms with van der Waals surface area (Å²) in [5.74, 6) is 1.55. The van der Waals surface area contributed by atoms with Crippen LogP contribution in [-0.4, -0.2) is 6.04 Å². The first-order chi connectivity index (χ1) is 9.15. The highest BCUT2D eigenvalue weighted by Crippen LogP contribution is 2.35. The van der Waals surface area contributed by atoms with Crippen molar-refractivity contribution in [2.24, 2.45) is 11.8 Å². The summed E-state index contributed by atoms with van der Waals surface area (Å²) in [4.78, 5) is 0. The molecule has 0 saturated heterocycles. The number of hydrogen-bond acceptors (Lipinski definition) is 3. The van der Waals surface area contributed by atoms with Gasteiger partial charge in [0.15, 0.2) is 0 Å². The van der Waals surface area contributed by atoms with E-state index in [4.69, 9.17) is 11.0 Å². The molecule has 3 unspecified atom stereocenters. The summed E-state index contributed by atoms with van der Waals surface area (Å²) < 4.78 is 0. The maximum Gasteiger partial charge on any atom is 0.0670 e. The molecule has 2 rings (SSSR count). The van der Waals surface area contributed by atoms with Gasteiger partial charge in [-0.05, 0) is 48.4 Å². The Morgan fingerprint density at radius 2 is 2.21 bits per heavy atom. The maximum atomic E-state index is 8.80. The lowest BCUT2D eigenvalue weighted by Gasteiger charge is -2.22. The topological polar surface area (TPSA) is 61.8 Å². The summed E-state index contributed by atoms with van der Waals surface area (Å²) in [7, 11) is 0. The molecule has 3 heteroatoms. The van der Waals surface area contributed by atoms with Crippen LogP contribution in [0.3, 0.4) is 0 Å². The molecule has 0 heterocycles. The van der Waals surface area contributed by atoms with E-state index in [2.05, 4.69) is 25.2 Å². The van der Waals surface area contributed by atoms with E-state index in [1.807, 2.05) is 18.2 Å². The van der Waals surface area contributed by atoms with Gasteiger partial charge in [0.05, 0.1) is 12.5 Å².